The second-order valence-electron chi connectivity index (χ2n) is 5.34. The monoisotopic (exact) mass is 184 g/mol. The average Bonchev–Trinajstić information content (AvgIpc) is 2.03. The minimum absolute atomic E-state index is 0.0533. The Morgan fingerprint density at radius 1 is 1.31 bits per heavy atom. The van der Waals surface area contributed by atoms with Crippen molar-refractivity contribution >= 4 is 0 Å². The van der Waals surface area contributed by atoms with Crippen molar-refractivity contribution in [3.8, 4) is 0 Å². The Bertz CT molecular complexity index is 200. The van der Waals surface area contributed by atoms with Crippen LogP contribution in [0, 0.1) is 17.3 Å². The van der Waals surface area contributed by atoms with Crippen molar-refractivity contribution in [2.24, 2.45) is 17.3 Å². The molecular weight excluding hydrogens is 164 g/mol. The molecule has 2 nitrogen and oxygen atoms in total. The SMILES string of the molecule is C[C@H]1CC2(C)C[C@H](C)C1(CO)CO2. The van der Waals surface area contributed by atoms with E-state index in [0.717, 1.165) is 19.4 Å². The number of hydrogen-bond donors (Lipinski definition) is 1. The number of fused-ring (bicyclic) bond motifs is 3. The Balaban J connectivity index is 2.29. The molecule has 2 saturated heterocycles. The predicted molar refractivity (Wildman–Crippen MR) is 51.4 cm³/mol. The van der Waals surface area contributed by atoms with Gasteiger partial charge in [0.15, 0.2) is 0 Å². The van der Waals surface area contributed by atoms with Crippen LogP contribution in [0.5, 0.6) is 0 Å². The molecule has 76 valence electrons. The van der Waals surface area contributed by atoms with Crippen LogP contribution in [0.2, 0.25) is 0 Å². The fourth-order valence-corrected chi connectivity index (χ4v) is 3.34. The lowest BCUT2D eigenvalue weighted by Crippen LogP contribution is -2.59. The van der Waals surface area contributed by atoms with E-state index in [9.17, 15) is 5.11 Å². The van der Waals surface area contributed by atoms with Crippen LogP contribution in [0.1, 0.15) is 33.6 Å². The van der Waals surface area contributed by atoms with Gasteiger partial charge < -0.3 is 9.84 Å². The molecule has 2 bridgehead atoms. The van der Waals surface area contributed by atoms with Gasteiger partial charge >= 0.3 is 0 Å². The van der Waals surface area contributed by atoms with Crippen LogP contribution in [-0.2, 0) is 4.74 Å². The smallest absolute Gasteiger partial charge is 0.0660 e. The molecule has 2 aliphatic heterocycles. The first-order chi connectivity index (χ1) is 6.02. The molecule has 13 heavy (non-hydrogen) atoms. The lowest BCUT2D eigenvalue weighted by Gasteiger charge is -2.58. The molecule has 2 heterocycles. The molecule has 0 unspecified atom stereocenters. The summed E-state index contributed by atoms with van der Waals surface area (Å²) in [5.41, 5.74) is 0.146. The maximum absolute atomic E-state index is 9.51. The van der Waals surface area contributed by atoms with Gasteiger partial charge in [-0.1, -0.05) is 13.8 Å². The second kappa shape index (κ2) is 2.71. The van der Waals surface area contributed by atoms with E-state index in [4.69, 9.17) is 4.74 Å². The number of aliphatic hydroxyl groups is 1. The van der Waals surface area contributed by atoms with Gasteiger partial charge in [-0.05, 0) is 31.6 Å². The van der Waals surface area contributed by atoms with Crippen molar-refractivity contribution in [3.05, 3.63) is 0 Å². The molecule has 2 heteroatoms. The van der Waals surface area contributed by atoms with Crippen LogP contribution in [0.25, 0.3) is 0 Å². The zero-order chi connectivity index (χ0) is 9.69. The van der Waals surface area contributed by atoms with Gasteiger partial charge in [-0.15, -0.1) is 0 Å². The predicted octanol–water partition coefficient (Wildman–Crippen LogP) is 1.82. The minimum atomic E-state index is 0.0533. The van der Waals surface area contributed by atoms with Crippen LogP contribution in [0.15, 0.2) is 0 Å². The van der Waals surface area contributed by atoms with Crippen LogP contribution < -0.4 is 0 Å². The van der Waals surface area contributed by atoms with E-state index in [2.05, 4.69) is 20.8 Å². The molecule has 0 aromatic heterocycles. The average molecular weight is 184 g/mol. The molecule has 0 amide bonds. The summed E-state index contributed by atoms with van der Waals surface area (Å²) >= 11 is 0. The van der Waals surface area contributed by atoms with Crippen molar-refractivity contribution in [1.29, 1.82) is 0 Å². The van der Waals surface area contributed by atoms with E-state index in [-0.39, 0.29) is 17.6 Å². The molecule has 3 aliphatic rings. The van der Waals surface area contributed by atoms with Crippen molar-refractivity contribution in [3.63, 3.8) is 0 Å². The molecule has 1 aliphatic carbocycles. The fourth-order valence-electron chi connectivity index (χ4n) is 3.34. The van der Waals surface area contributed by atoms with Crippen molar-refractivity contribution in [1.82, 2.24) is 0 Å². The molecule has 1 saturated carbocycles. The highest BCUT2D eigenvalue weighted by atomic mass is 16.5. The molecule has 3 fully saturated rings. The maximum atomic E-state index is 9.51. The quantitative estimate of drug-likeness (QED) is 0.673. The van der Waals surface area contributed by atoms with Crippen molar-refractivity contribution in [2.75, 3.05) is 13.2 Å². The summed E-state index contributed by atoms with van der Waals surface area (Å²) in [6.45, 7) is 7.76. The fraction of sp³-hybridized carbons (Fsp3) is 1.00. The van der Waals surface area contributed by atoms with Gasteiger partial charge in [0.1, 0.15) is 0 Å². The standard InChI is InChI=1S/C11H20O2/c1-8-4-10(3)5-9(2)11(8,6-12)7-13-10/h8-9,12H,4-7H2,1-3H3/t8-,9-,10?,11?/m0/s1. The Morgan fingerprint density at radius 3 is 2.23 bits per heavy atom. The Labute approximate surface area is 80.3 Å². The summed E-state index contributed by atoms with van der Waals surface area (Å²) in [5.74, 6) is 1.19. The van der Waals surface area contributed by atoms with E-state index < -0.39 is 0 Å². The highest BCUT2D eigenvalue weighted by molar-refractivity contribution is 5.03. The van der Waals surface area contributed by atoms with Gasteiger partial charge in [0.05, 0.1) is 18.8 Å². The van der Waals surface area contributed by atoms with Crippen LogP contribution >= 0.6 is 0 Å². The molecule has 0 aromatic rings. The zero-order valence-corrected chi connectivity index (χ0v) is 8.84. The number of aliphatic hydroxyl groups excluding tert-OH is 1. The molecular formula is C11H20O2. The third-order valence-electron chi connectivity index (χ3n) is 4.42. The van der Waals surface area contributed by atoms with E-state index in [0.29, 0.717) is 11.8 Å². The lowest BCUT2D eigenvalue weighted by molar-refractivity contribution is -0.236. The highest BCUT2D eigenvalue weighted by Gasteiger charge is 2.55. The van der Waals surface area contributed by atoms with Crippen LogP contribution in [-0.4, -0.2) is 23.9 Å². The largest absolute Gasteiger partial charge is 0.396 e. The molecule has 1 N–H and O–H groups in total. The van der Waals surface area contributed by atoms with E-state index in [1.54, 1.807) is 0 Å². The zero-order valence-electron chi connectivity index (χ0n) is 8.84. The molecule has 0 radical (unpaired) electrons. The van der Waals surface area contributed by atoms with Crippen molar-refractivity contribution in [2.45, 2.75) is 39.2 Å². The number of rotatable bonds is 1. The number of hydrogen-bond acceptors (Lipinski definition) is 2. The summed E-state index contributed by atoms with van der Waals surface area (Å²) in [4.78, 5) is 0. The van der Waals surface area contributed by atoms with E-state index in [1.807, 2.05) is 0 Å². The topological polar surface area (TPSA) is 29.5 Å². The Kier molecular flexibility index (Phi) is 1.97. The summed E-state index contributed by atoms with van der Waals surface area (Å²) in [6.07, 6.45) is 2.22. The third kappa shape index (κ3) is 1.15. The molecule has 0 aromatic carbocycles. The summed E-state index contributed by atoms with van der Waals surface area (Å²) < 4.78 is 5.84. The van der Waals surface area contributed by atoms with Crippen LogP contribution in [0.3, 0.4) is 0 Å². The van der Waals surface area contributed by atoms with Crippen molar-refractivity contribution < 1.29 is 9.84 Å². The highest BCUT2D eigenvalue weighted by Crippen LogP contribution is 2.54. The summed E-state index contributed by atoms with van der Waals surface area (Å²) in [7, 11) is 0. The molecule has 2 atom stereocenters. The first kappa shape index (κ1) is 9.47. The van der Waals surface area contributed by atoms with Gasteiger partial charge in [0, 0.05) is 5.41 Å². The van der Waals surface area contributed by atoms with Gasteiger partial charge in [0.25, 0.3) is 0 Å². The van der Waals surface area contributed by atoms with E-state index in [1.165, 1.54) is 0 Å². The first-order valence-corrected chi connectivity index (χ1v) is 5.27. The summed E-state index contributed by atoms with van der Waals surface area (Å²) in [5, 5.41) is 9.51. The second-order valence-corrected chi connectivity index (χ2v) is 5.34. The maximum Gasteiger partial charge on any atom is 0.0660 e. The first-order valence-electron chi connectivity index (χ1n) is 5.27. The molecule has 0 spiro atoms. The van der Waals surface area contributed by atoms with E-state index >= 15 is 0 Å². The Hall–Kier alpha value is -0.0800. The normalized spacial score (nSPS) is 55.4. The lowest BCUT2D eigenvalue weighted by atomic mass is 9.56. The Morgan fingerprint density at radius 2 is 1.85 bits per heavy atom. The van der Waals surface area contributed by atoms with Gasteiger partial charge in [0.2, 0.25) is 0 Å². The minimum Gasteiger partial charge on any atom is -0.396 e. The van der Waals surface area contributed by atoms with Gasteiger partial charge in [-0.2, -0.15) is 0 Å². The molecule has 3 rings (SSSR count). The number of ether oxygens (including phenoxy) is 1. The van der Waals surface area contributed by atoms with Gasteiger partial charge in [-0.3, -0.25) is 0 Å². The summed E-state index contributed by atoms with van der Waals surface area (Å²) in [6, 6.07) is 0. The van der Waals surface area contributed by atoms with Gasteiger partial charge in [-0.25, -0.2) is 0 Å². The third-order valence-corrected chi connectivity index (χ3v) is 4.42. The van der Waals surface area contributed by atoms with Crippen LogP contribution in [0.4, 0.5) is 0 Å².